The van der Waals surface area contributed by atoms with E-state index in [9.17, 15) is 4.79 Å². The van der Waals surface area contributed by atoms with Gasteiger partial charge in [-0.2, -0.15) is 4.98 Å². The Morgan fingerprint density at radius 1 is 1.53 bits per heavy atom. The molecule has 17 heavy (non-hydrogen) atoms. The Hall–Kier alpha value is -1.47. The van der Waals surface area contributed by atoms with Crippen molar-refractivity contribution in [3.8, 4) is 0 Å². The number of likely N-dealkylation sites (N-methyl/N-ethyl adjacent to an activating group) is 1. The zero-order chi connectivity index (χ0) is 12.3. The summed E-state index contributed by atoms with van der Waals surface area (Å²) in [5.41, 5.74) is 0. The number of rotatable bonds is 4. The molecule has 0 saturated carbocycles. The standard InChI is InChI=1S/C10H16N4O3/c1-6-13-9(14-17-6)3-12-10(15)7-4-16-5-8(7)11-2/h7-8,11H,3-5H2,1-2H3,(H,12,15). The Bertz CT molecular complexity index is 393. The van der Waals surface area contributed by atoms with Gasteiger partial charge in [0.1, 0.15) is 0 Å². The van der Waals surface area contributed by atoms with E-state index in [4.69, 9.17) is 9.26 Å². The molecule has 1 aliphatic heterocycles. The molecule has 2 rings (SSSR count). The van der Waals surface area contributed by atoms with E-state index in [1.165, 1.54) is 0 Å². The van der Waals surface area contributed by atoms with Crippen molar-refractivity contribution >= 4 is 5.91 Å². The van der Waals surface area contributed by atoms with Crippen LogP contribution >= 0.6 is 0 Å². The molecule has 0 aliphatic carbocycles. The van der Waals surface area contributed by atoms with Gasteiger partial charge in [0.05, 0.1) is 25.7 Å². The van der Waals surface area contributed by atoms with Crippen LogP contribution in [0, 0.1) is 12.8 Å². The van der Waals surface area contributed by atoms with E-state index in [2.05, 4.69) is 20.8 Å². The summed E-state index contributed by atoms with van der Waals surface area (Å²) in [6.07, 6.45) is 0. The Morgan fingerprint density at radius 2 is 2.35 bits per heavy atom. The maximum Gasteiger partial charge on any atom is 0.227 e. The fourth-order valence-electron chi connectivity index (χ4n) is 1.81. The minimum atomic E-state index is -0.159. The fraction of sp³-hybridized carbons (Fsp3) is 0.700. The molecule has 2 unspecified atom stereocenters. The van der Waals surface area contributed by atoms with Crippen LogP contribution in [0.25, 0.3) is 0 Å². The average molecular weight is 240 g/mol. The number of hydrogen-bond acceptors (Lipinski definition) is 6. The molecule has 2 N–H and O–H groups in total. The predicted molar refractivity (Wildman–Crippen MR) is 58.0 cm³/mol. The smallest absolute Gasteiger partial charge is 0.227 e. The van der Waals surface area contributed by atoms with Crippen LogP contribution in [0.4, 0.5) is 0 Å². The van der Waals surface area contributed by atoms with Gasteiger partial charge < -0.3 is 19.9 Å². The van der Waals surface area contributed by atoms with Crippen LogP contribution in [-0.2, 0) is 16.1 Å². The van der Waals surface area contributed by atoms with E-state index >= 15 is 0 Å². The second-order valence-corrected chi connectivity index (χ2v) is 3.99. The largest absolute Gasteiger partial charge is 0.379 e. The molecule has 94 valence electrons. The molecule has 1 aromatic heterocycles. The highest BCUT2D eigenvalue weighted by Gasteiger charge is 2.32. The van der Waals surface area contributed by atoms with Crippen molar-refractivity contribution in [1.29, 1.82) is 0 Å². The summed E-state index contributed by atoms with van der Waals surface area (Å²) < 4.78 is 10.1. The van der Waals surface area contributed by atoms with E-state index in [1.54, 1.807) is 6.92 Å². The number of hydrogen-bond donors (Lipinski definition) is 2. The van der Waals surface area contributed by atoms with E-state index < -0.39 is 0 Å². The van der Waals surface area contributed by atoms with Gasteiger partial charge in [0, 0.05) is 13.0 Å². The second-order valence-electron chi connectivity index (χ2n) is 3.99. The molecule has 7 nitrogen and oxygen atoms in total. The normalized spacial score (nSPS) is 23.9. The lowest BCUT2D eigenvalue weighted by atomic mass is 10.0. The van der Waals surface area contributed by atoms with Crippen molar-refractivity contribution in [2.75, 3.05) is 20.3 Å². The van der Waals surface area contributed by atoms with Gasteiger partial charge in [-0.1, -0.05) is 5.16 Å². The van der Waals surface area contributed by atoms with E-state index in [1.807, 2.05) is 7.05 Å². The van der Waals surface area contributed by atoms with Crippen LogP contribution in [0.3, 0.4) is 0 Å². The SMILES string of the molecule is CNC1COCC1C(=O)NCc1noc(C)n1. The highest BCUT2D eigenvalue weighted by atomic mass is 16.5. The maximum atomic E-state index is 11.9. The van der Waals surface area contributed by atoms with Crippen LogP contribution in [0.5, 0.6) is 0 Å². The monoisotopic (exact) mass is 240 g/mol. The summed E-state index contributed by atoms with van der Waals surface area (Å²) in [6, 6.07) is 0.0713. The highest BCUT2D eigenvalue weighted by Crippen LogP contribution is 2.13. The Balaban J connectivity index is 1.84. The molecule has 1 fully saturated rings. The number of carbonyl (C=O) groups excluding carboxylic acids is 1. The quantitative estimate of drug-likeness (QED) is 0.718. The molecule has 2 heterocycles. The first kappa shape index (κ1) is 12.0. The van der Waals surface area contributed by atoms with Gasteiger partial charge in [0.2, 0.25) is 11.8 Å². The van der Waals surface area contributed by atoms with Crippen molar-refractivity contribution in [1.82, 2.24) is 20.8 Å². The number of nitrogens with zero attached hydrogens (tertiary/aromatic N) is 2. The lowest BCUT2D eigenvalue weighted by molar-refractivity contribution is -0.125. The lowest BCUT2D eigenvalue weighted by Crippen LogP contribution is -2.42. The van der Waals surface area contributed by atoms with Gasteiger partial charge in [-0.25, -0.2) is 0 Å². The lowest BCUT2D eigenvalue weighted by Gasteiger charge is -2.15. The zero-order valence-electron chi connectivity index (χ0n) is 9.90. The Kier molecular flexibility index (Phi) is 3.70. The molecular formula is C10H16N4O3. The summed E-state index contributed by atoms with van der Waals surface area (Å²) in [5, 5.41) is 9.54. The number of nitrogens with one attached hydrogen (secondary N) is 2. The molecule has 0 bridgehead atoms. The number of carbonyl (C=O) groups is 1. The maximum absolute atomic E-state index is 11.9. The third-order valence-corrected chi connectivity index (χ3v) is 2.78. The topological polar surface area (TPSA) is 89.3 Å². The van der Waals surface area contributed by atoms with Gasteiger partial charge >= 0.3 is 0 Å². The fourth-order valence-corrected chi connectivity index (χ4v) is 1.81. The Morgan fingerprint density at radius 3 is 3.00 bits per heavy atom. The van der Waals surface area contributed by atoms with Crippen LogP contribution in [-0.4, -0.2) is 42.4 Å². The van der Waals surface area contributed by atoms with Crippen molar-refractivity contribution in [2.45, 2.75) is 19.5 Å². The van der Waals surface area contributed by atoms with E-state index in [0.29, 0.717) is 24.9 Å². The summed E-state index contributed by atoms with van der Waals surface area (Å²) in [4.78, 5) is 15.9. The molecule has 0 aromatic carbocycles. The third kappa shape index (κ3) is 2.80. The summed E-state index contributed by atoms with van der Waals surface area (Å²) in [6.45, 7) is 3.00. The van der Waals surface area contributed by atoms with Crippen LogP contribution in [0.15, 0.2) is 4.52 Å². The van der Waals surface area contributed by atoms with E-state index in [0.717, 1.165) is 0 Å². The number of ether oxygens (including phenoxy) is 1. The number of aryl methyl sites for hydroxylation is 1. The zero-order valence-corrected chi connectivity index (χ0v) is 9.90. The molecule has 1 amide bonds. The average Bonchev–Trinajstić information content (AvgIpc) is 2.94. The minimum absolute atomic E-state index is 0.0516. The summed E-state index contributed by atoms with van der Waals surface area (Å²) >= 11 is 0. The van der Waals surface area contributed by atoms with Gasteiger partial charge in [0.15, 0.2) is 5.82 Å². The summed E-state index contributed by atoms with van der Waals surface area (Å²) in [5.74, 6) is 0.764. The van der Waals surface area contributed by atoms with Crippen LogP contribution in [0.2, 0.25) is 0 Å². The van der Waals surface area contributed by atoms with Crippen molar-refractivity contribution in [2.24, 2.45) is 5.92 Å². The highest BCUT2D eigenvalue weighted by molar-refractivity contribution is 5.79. The number of amides is 1. The predicted octanol–water partition coefficient (Wildman–Crippen LogP) is -0.771. The first-order valence-corrected chi connectivity index (χ1v) is 5.52. The van der Waals surface area contributed by atoms with Gasteiger partial charge in [-0.15, -0.1) is 0 Å². The number of aromatic nitrogens is 2. The molecule has 1 aromatic rings. The minimum Gasteiger partial charge on any atom is -0.379 e. The van der Waals surface area contributed by atoms with Crippen molar-refractivity contribution < 1.29 is 14.1 Å². The van der Waals surface area contributed by atoms with Crippen LogP contribution in [0.1, 0.15) is 11.7 Å². The van der Waals surface area contributed by atoms with Crippen molar-refractivity contribution in [3.05, 3.63) is 11.7 Å². The van der Waals surface area contributed by atoms with Crippen molar-refractivity contribution in [3.63, 3.8) is 0 Å². The molecule has 7 heteroatoms. The van der Waals surface area contributed by atoms with Gasteiger partial charge in [-0.05, 0) is 7.05 Å². The van der Waals surface area contributed by atoms with Gasteiger partial charge in [-0.3, -0.25) is 4.79 Å². The molecule has 1 aliphatic rings. The second kappa shape index (κ2) is 5.24. The van der Waals surface area contributed by atoms with Crippen LogP contribution < -0.4 is 10.6 Å². The van der Waals surface area contributed by atoms with Gasteiger partial charge in [0.25, 0.3) is 0 Å². The third-order valence-electron chi connectivity index (χ3n) is 2.78. The Labute approximate surface area is 98.9 Å². The van der Waals surface area contributed by atoms with E-state index in [-0.39, 0.29) is 24.4 Å². The molecule has 1 saturated heterocycles. The first-order valence-electron chi connectivity index (χ1n) is 5.52. The molecular weight excluding hydrogens is 224 g/mol. The molecule has 0 spiro atoms. The molecule has 0 radical (unpaired) electrons. The molecule has 2 atom stereocenters. The first-order chi connectivity index (χ1) is 8.20. The summed E-state index contributed by atoms with van der Waals surface area (Å²) in [7, 11) is 1.82.